The van der Waals surface area contributed by atoms with Crippen molar-refractivity contribution in [1.82, 2.24) is 4.57 Å². The maximum atomic E-state index is 11.6. The van der Waals surface area contributed by atoms with Crippen molar-refractivity contribution >= 4 is 16.9 Å². The molecular weight excluding hydrogens is 300 g/mol. The molecule has 0 aliphatic heterocycles. The summed E-state index contributed by atoms with van der Waals surface area (Å²) < 4.78 is 2.39. The Bertz CT molecular complexity index is 729. The van der Waals surface area contributed by atoms with Crippen LogP contribution < -0.4 is 5.73 Å². The van der Waals surface area contributed by atoms with Crippen molar-refractivity contribution in [3.05, 3.63) is 34.5 Å². The number of fused-ring (bicyclic) bond motifs is 1. The molecule has 0 aliphatic carbocycles. The zero-order valence-electron chi connectivity index (χ0n) is 15.4. The van der Waals surface area contributed by atoms with Gasteiger partial charge in [0.05, 0.1) is 11.1 Å². The minimum atomic E-state index is -0.859. The third kappa shape index (κ3) is 3.48. The van der Waals surface area contributed by atoms with E-state index in [1.54, 1.807) is 0 Å². The molecule has 4 nitrogen and oxygen atoms in total. The van der Waals surface area contributed by atoms with Gasteiger partial charge in [-0.3, -0.25) is 0 Å². The van der Waals surface area contributed by atoms with E-state index in [9.17, 15) is 9.90 Å². The van der Waals surface area contributed by atoms with Gasteiger partial charge in [0.25, 0.3) is 0 Å². The molecule has 1 heterocycles. The summed E-state index contributed by atoms with van der Waals surface area (Å²) in [5.41, 5.74) is 11.0. The standard InChI is InChI=1S/C20H30N2O2/c1-5-6-10-22-14(4)16(8-7-9-21)18-12-15(20(23)24)11-17(13(2)3)19(18)22/h11-13H,5-10,21H2,1-4H3,(H,23,24). The third-order valence-corrected chi connectivity index (χ3v) is 4.81. The van der Waals surface area contributed by atoms with E-state index >= 15 is 0 Å². The number of unbranched alkanes of at least 4 members (excludes halogenated alkanes) is 1. The largest absolute Gasteiger partial charge is 0.478 e. The molecule has 0 amide bonds. The summed E-state index contributed by atoms with van der Waals surface area (Å²) in [5, 5.41) is 10.6. The molecule has 0 saturated heterocycles. The first-order valence-electron chi connectivity index (χ1n) is 9.01. The van der Waals surface area contributed by atoms with Crippen LogP contribution in [0.25, 0.3) is 10.9 Å². The second-order valence-electron chi connectivity index (χ2n) is 6.88. The van der Waals surface area contributed by atoms with Crippen LogP contribution in [0.2, 0.25) is 0 Å². The summed E-state index contributed by atoms with van der Waals surface area (Å²) in [6, 6.07) is 3.70. The number of benzene rings is 1. The van der Waals surface area contributed by atoms with E-state index in [1.165, 1.54) is 16.8 Å². The molecule has 24 heavy (non-hydrogen) atoms. The van der Waals surface area contributed by atoms with Crippen molar-refractivity contribution in [3.8, 4) is 0 Å². The molecule has 0 bridgehead atoms. The number of nitrogens with zero attached hydrogens (tertiary/aromatic N) is 1. The van der Waals surface area contributed by atoms with E-state index in [0.29, 0.717) is 12.1 Å². The molecule has 0 spiro atoms. The summed E-state index contributed by atoms with van der Waals surface area (Å²) in [7, 11) is 0. The SMILES string of the molecule is CCCCn1c(C)c(CCCN)c2cc(C(=O)O)cc(C(C)C)c21. The molecule has 0 fully saturated rings. The van der Waals surface area contributed by atoms with E-state index in [4.69, 9.17) is 5.73 Å². The minimum Gasteiger partial charge on any atom is -0.478 e. The summed E-state index contributed by atoms with van der Waals surface area (Å²) >= 11 is 0. The number of aromatic carboxylic acids is 1. The normalized spacial score (nSPS) is 11.6. The lowest BCUT2D eigenvalue weighted by Gasteiger charge is -2.14. The van der Waals surface area contributed by atoms with Crippen molar-refractivity contribution in [2.24, 2.45) is 5.73 Å². The number of rotatable bonds is 8. The van der Waals surface area contributed by atoms with E-state index in [0.717, 1.165) is 43.2 Å². The molecule has 2 rings (SSSR count). The summed E-state index contributed by atoms with van der Waals surface area (Å²) in [6.07, 6.45) is 4.08. The van der Waals surface area contributed by atoms with Crippen LogP contribution in [0.5, 0.6) is 0 Å². The highest BCUT2D eigenvalue weighted by Gasteiger charge is 2.20. The lowest BCUT2D eigenvalue weighted by molar-refractivity contribution is 0.0697. The van der Waals surface area contributed by atoms with Crippen LogP contribution in [-0.4, -0.2) is 22.2 Å². The van der Waals surface area contributed by atoms with E-state index in [1.807, 2.05) is 12.1 Å². The molecule has 1 aromatic carbocycles. The number of carboxylic acids is 1. The fourth-order valence-electron chi connectivity index (χ4n) is 3.47. The van der Waals surface area contributed by atoms with Gasteiger partial charge in [0.1, 0.15) is 0 Å². The minimum absolute atomic E-state index is 0.281. The molecule has 1 aromatic heterocycles. The topological polar surface area (TPSA) is 68.2 Å². The first-order valence-corrected chi connectivity index (χ1v) is 9.01. The molecule has 4 heteroatoms. The highest BCUT2D eigenvalue weighted by Crippen LogP contribution is 2.34. The monoisotopic (exact) mass is 330 g/mol. The number of carbonyl (C=O) groups is 1. The van der Waals surface area contributed by atoms with Gasteiger partial charge in [-0.05, 0) is 61.9 Å². The first-order chi connectivity index (χ1) is 11.4. The second-order valence-corrected chi connectivity index (χ2v) is 6.88. The maximum Gasteiger partial charge on any atom is 0.335 e. The highest BCUT2D eigenvalue weighted by molar-refractivity contribution is 5.97. The van der Waals surface area contributed by atoms with Gasteiger partial charge in [-0.25, -0.2) is 4.79 Å². The second kappa shape index (κ2) is 7.84. The van der Waals surface area contributed by atoms with Gasteiger partial charge in [-0.15, -0.1) is 0 Å². The van der Waals surface area contributed by atoms with Gasteiger partial charge < -0.3 is 15.4 Å². The lowest BCUT2D eigenvalue weighted by Crippen LogP contribution is -2.05. The number of hydrogen-bond acceptors (Lipinski definition) is 2. The predicted molar refractivity (Wildman–Crippen MR) is 100 cm³/mol. The smallest absolute Gasteiger partial charge is 0.335 e. The number of nitrogens with two attached hydrogens (primary N) is 1. The Balaban J connectivity index is 2.79. The van der Waals surface area contributed by atoms with Gasteiger partial charge in [0, 0.05) is 17.6 Å². The Labute approximate surface area is 144 Å². The van der Waals surface area contributed by atoms with Crippen LogP contribution in [0.4, 0.5) is 0 Å². The third-order valence-electron chi connectivity index (χ3n) is 4.81. The molecular formula is C20H30N2O2. The van der Waals surface area contributed by atoms with E-state index in [2.05, 4.69) is 32.3 Å². The fourth-order valence-corrected chi connectivity index (χ4v) is 3.47. The summed E-state index contributed by atoms with van der Waals surface area (Å²) in [5.74, 6) is -0.577. The van der Waals surface area contributed by atoms with E-state index < -0.39 is 5.97 Å². The van der Waals surface area contributed by atoms with Crippen LogP contribution in [0.15, 0.2) is 12.1 Å². The Kier molecular flexibility index (Phi) is 6.05. The van der Waals surface area contributed by atoms with Crippen LogP contribution in [0, 0.1) is 6.92 Å². The fraction of sp³-hybridized carbons (Fsp3) is 0.550. The summed E-state index contributed by atoms with van der Waals surface area (Å²) in [4.78, 5) is 11.6. The first kappa shape index (κ1) is 18.5. The average molecular weight is 330 g/mol. The molecule has 0 atom stereocenters. The molecule has 0 unspecified atom stereocenters. The number of hydrogen-bond donors (Lipinski definition) is 2. The van der Waals surface area contributed by atoms with Gasteiger partial charge >= 0.3 is 5.97 Å². The number of aryl methyl sites for hydroxylation is 2. The molecule has 132 valence electrons. The lowest BCUT2D eigenvalue weighted by atomic mass is 9.95. The molecule has 0 saturated carbocycles. The Hall–Kier alpha value is -1.81. The quantitative estimate of drug-likeness (QED) is 0.750. The van der Waals surface area contributed by atoms with Crippen LogP contribution in [0.3, 0.4) is 0 Å². The summed E-state index contributed by atoms with van der Waals surface area (Å²) in [6.45, 7) is 10.2. The Morgan fingerprint density at radius 1 is 1.29 bits per heavy atom. The molecule has 2 aromatic rings. The maximum absolute atomic E-state index is 11.6. The predicted octanol–water partition coefficient (Wildman–Crippen LogP) is 4.46. The molecule has 0 radical (unpaired) electrons. The van der Waals surface area contributed by atoms with Crippen LogP contribution >= 0.6 is 0 Å². The molecule has 3 N–H and O–H groups in total. The van der Waals surface area contributed by atoms with Crippen molar-refractivity contribution in [2.45, 2.75) is 65.8 Å². The van der Waals surface area contributed by atoms with Gasteiger partial charge in [0.15, 0.2) is 0 Å². The zero-order chi connectivity index (χ0) is 17.9. The molecule has 0 aliphatic rings. The van der Waals surface area contributed by atoms with E-state index in [-0.39, 0.29) is 5.92 Å². The highest BCUT2D eigenvalue weighted by atomic mass is 16.4. The van der Waals surface area contributed by atoms with Gasteiger partial charge in [0.2, 0.25) is 0 Å². The number of carboxylic acid groups (broad SMARTS) is 1. The average Bonchev–Trinajstić information content (AvgIpc) is 2.81. The number of aromatic nitrogens is 1. The zero-order valence-corrected chi connectivity index (χ0v) is 15.4. The van der Waals surface area contributed by atoms with Crippen molar-refractivity contribution in [3.63, 3.8) is 0 Å². The van der Waals surface area contributed by atoms with Crippen molar-refractivity contribution in [2.75, 3.05) is 6.54 Å². The van der Waals surface area contributed by atoms with Crippen molar-refractivity contribution in [1.29, 1.82) is 0 Å². The van der Waals surface area contributed by atoms with Crippen molar-refractivity contribution < 1.29 is 9.90 Å². The van der Waals surface area contributed by atoms with Gasteiger partial charge in [-0.1, -0.05) is 27.2 Å². The Morgan fingerprint density at radius 3 is 2.54 bits per heavy atom. The Morgan fingerprint density at radius 2 is 2.00 bits per heavy atom. The van der Waals surface area contributed by atoms with Crippen LogP contribution in [0.1, 0.15) is 73.1 Å². The van der Waals surface area contributed by atoms with Crippen LogP contribution in [-0.2, 0) is 13.0 Å². The van der Waals surface area contributed by atoms with Gasteiger partial charge in [-0.2, -0.15) is 0 Å².